The quantitative estimate of drug-likeness (QED) is 0.661. The maximum Gasteiger partial charge on any atom is 0.254 e. The van der Waals surface area contributed by atoms with Crippen molar-refractivity contribution in [1.82, 2.24) is 4.90 Å². The summed E-state index contributed by atoms with van der Waals surface area (Å²) < 4.78 is 1.13. The van der Waals surface area contributed by atoms with Crippen LogP contribution in [0.25, 0.3) is 0 Å². The van der Waals surface area contributed by atoms with Gasteiger partial charge in [0.05, 0.1) is 0 Å². The van der Waals surface area contributed by atoms with Gasteiger partial charge in [-0.3, -0.25) is 4.79 Å². The first-order chi connectivity index (χ1) is 9.28. The van der Waals surface area contributed by atoms with Gasteiger partial charge in [0, 0.05) is 21.7 Å². The van der Waals surface area contributed by atoms with E-state index in [1.165, 1.54) is 12.8 Å². The van der Waals surface area contributed by atoms with Crippen LogP contribution in [0.5, 0.6) is 0 Å². The van der Waals surface area contributed by atoms with Crippen LogP contribution < -0.4 is 0 Å². The third kappa shape index (κ3) is 2.61. The lowest BCUT2D eigenvalue weighted by Crippen LogP contribution is -2.37. The number of carbonyl (C=O) groups excluding carboxylic acids is 1. The minimum atomic E-state index is 0.218. The van der Waals surface area contributed by atoms with Gasteiger partial charge in [0.1, 0.15) is 0 Å². The van der Waals surface area contributed by atoms with E-state index >= 15 is 0 Å². The van der Waals surface area contributed by atoms with Crippen LogP contribution >= 0.6 is 22.6 Å². The molecule has 0 aromatic heterocycles. The second-order valence-electron chi connectivity index (χ2n) is 7.66. The zero-order valence-corrected chi connectivity index (χ0v) is 14.6. The fourth-order valence-corrected chi connectivity index (χ4v) is 5.03. The molecule has 0 spiro atoms. The third-order valence-electron chi connectivity index (χ3n) is 4.75. The van der Waals surface area contributed by atoms with Gasteiger partial charge in [0.25, 0.3) is 5.91 Å². The van der Waals surface area contributed by atoms with Gasteiger partial charge in [-0.05, 0) is 70.9 Å². The van der Waals surface area contributed by atoms with E-state index in [1.54, 1.807) is 0 Å². The summed E-state index contributed by atoms with van der Waals surface area (Å²) in [4.78, 5) is 15.0. The number of hydrogen-bond donors (Lipinski definition) is 0. The van der Waals surface area contributed by atoms with Gasteiger partial charge in [0.2, 0.25) is 0 Å². The zero-order chi connectivity index (χ0) is 14.5. The maximum atomic E-state index is 12.8. The molecule has 1 saturated carbocycles. The molecule has 1 aliphatic carbocycles. The summed E-state index contributed by atoms with van der Waals surface area (Å²) in [6.45, 7) is 7.96. The molecule has 3 heteroatoms. The number of halogens is 1. The first-order valence-corrected chi connectivity index (χ1v) is 8.43. The standard InChI is InChI=1S/C17H22INO/c1-16(2)8-14-9-17(3,10-16)11-19(14)15(20)12-5-4-6-13(18)7-12/h4-7,14H,8-11H2,1-3H3. The molecule has 108 valence electrons. The van der Waals surface area contributed by atoms with E-state index in [-0.39, 0.29) is 5.91 Å². The molecule has 2 nitrogen and oxygen atoms in total. The molecule has 2 aliphatic rings. The summed E-state index contributed by atoms with van der Waals surface area (Å²) in [6, 6.07) is 8.38. The zero-order valence-electron chi connectivity index (χ0n) is 12.4. The van der Waals surface area contributed by atoms with Crippen LogP contribution in [0.2, 0.25) is 0 Å². The summed E-state index contributed by atoms with van der Waals surface area (Å²) in [5.41, 5.74) is 1.51. The van der Waals surface area contributed by atoms with Crippen molar-refractivity contribution in [2.24, 2.45) is 10.8 Å². The van der Waals surface area contributed by atoms with Crippen molar-refractivity contribution in [3.63, 3.8) is 0 Å². The monoisotopic (exact) mass is 383 g/mol. The fraction of sp³-hybridized carbons (Fsp3) is 0.588. The number of nitrogens with zero attached hydrogens (tertiary/aromatic N) is 1. The molecular formula is C17H22INO. The number of benzene rings is 1. The van der Waals surface area contributed by atoms with E-state index < -0.39 is 0 Å². The maximum absolute atomic E-state index is 12.8. The predicted octanol–water partition coefficient (Wildman–Crippen LogP) is 4.33. The average molecular weight is 383 g/mol. The molecular weight excluding hydrogens is 361 g/mol. The highest BCUT2D eigenvalue weighted by Gasteiger charge is 2.50. The van der Waals surface area contributed by atoms with Crippen molar-refractivity contribution in [2.75, 3.05) is 6.54 Å². The lowest BCUT2D eigenvalue weighted by atomic mass is 9.65. The van der Waals surface area contributed by atoms with Gasteiger partial charge < -0.3 is 4.90 Å². The average Bonchev–Trinajstić information content (AvgIpc) is 2.57. The minimum Gasteiger partial charge on any atom is -0.335 e. The molecule has 1 aliphatic heterocycles. The Morgan fingerprint density at radius 3 is 2.75 bits per heavy atom. The SMILES string of the molecule is CC1(C)CC2CC(C)(CN2C(=O)c2cccc(I)c2)C1. The van der Waals surface area contributed by atoms with Crippen molar-refractivity contribution in [3.8, 4) is 0 Å². The van der Waals surface area contributed by atoms with Crippen LogP contribution in [0.15, 0.2) is 24.3 Å². The van der Waals surface area contributed by atoms with E-state index in [4.69, 9.17) is 0 Å². The van der Waals surface area contributed by atoms with Gasteiger partial charge in [-0.15, -0.1) is 0 Å². The highest BCUT2D eigenvalue weighted by atomic mass is 127. The molecule has 1 aromatic rings. The Kier molecular flexibility index (Phi) is 3.39. The topological polar surface area (TPSA) is 20.3 Å². The first kappa shape index (κ1) is 14.4. The lowest BCUT2D eigenvalue weighted by Gasteiger charge is -2.39. The van der Waals surface area contributed by atoms with Crippen molar-refractivity contribution in [3.05, 3.63) is 33.4 Å². The second-order valence-corrected chi connectivity index (χ2v) is 8.90. The van der Waals surface area contributed by atoms with Gasteiger partial charge in [-0.2, -0.15) is 0 Å². The third-order valence-corrected chi connectivity index (χ3v) is 5.42. The summed E-state index contributed by atoms with van der Waals surface area (Å²) in [6.07, 6.45) is 3.54. The molecule has 2 fully saturated rings. The van der Waals surface area contributed by atoms with E-state index in [1.807, 2.05) is 24.3 Å². The number of hydrogen-bond acceptors (Lipinski definition) is 1. The van der Waals surface area contributed by atoms with Crippen molar-refractivity contribution >= 4 is 28.5 Å². The fourth-order valence-electron chi connectivity index (χ4n) is 4.48. The molecule has 1 saturated heterocycles. The number of fused-ring (bicyclic) bond motifs is 2. The molecule has 1 aromatic carbocycles. The molecule has 2 unspecified atom stereocenters. The number of likely N-dealkylation sites (tertiary alicyclic amines) is 1. The van der Waals surface area contributed by atoms with Crippen LogP contribution in [0, 0.1) is 14.4 Å². The Morgan fingerprint density at radius 2 is 2.05 bits per heavy atom. The predicted molar refractivity (Wildman–Crippen MR) is 89.7 cm³/mol. The van der Waals surface area contributed by atoms with Crippen molar-refractivity contribution in [2.45, 2.75) is 46.1 Å². The number of carbonyl (C=O) groups is 1. The smallest absolute Gasteiger partial charge is 0.254 e. The summed E-state index contributed by atoms with van der Waals surface area (Å²) in [5.74, 6) is 0.218. The van der Waals surface area contributed by atoms with Gasteiger partial charge in [0.15, 0.2) is 0 Å². The van der Waals surface area contributed by atoms with Crippen molar-refractivity contribution < 1.29 is 4.79 Å². The minimum absolute atomic E-state index is 0.218. The Hall–Kier alpha value is -0.580. The summed E-state index contributed by atoms with van der Waals surface area (Å²) >= 11 is 2.27. The Labute approximate surface area is 135 Å². The van der Waals surface area contributed by atoms with E-state index in [0.29, 0.717) is 16.9 Å². The van der Waals surface area contributed by atoms with E-state index in [2.05, 4.69) is 48.3 Å². The molecule has 2 bridgehead atoms. The Bertz CT molecular complexity index is 554. The molecule has 3 rings (SSSR count). The largest absolute Gasteiger partial charge is 0.335 e. The van der Waals surface area contributed by atoms with Crippen LogP contribution in [-0.4, -0.2) is 23.4 Å². The molecule has 20 heavy (non-hydrogen) atoms. The Balaban J connectivity index is 1.87. The van der Waals surface area contributed by atoms with Crippen molar-refractivity contribution in [1.29, 1.82) is 0 Å². The van der Waals surface area contributed by atoms with Crippen LogP contribution in [0.3, 0.4) is 0 Å². The Morgan fingerprint density at radius 1 is 1.30 bits per heavy atom. The first-order valence-electron chi connectivity index (χ1n) is 7.35. The van der Waals surface area contributed by atoms with Crippen LogP contribution in [-0.2, 0) is 0 Å². The van der Waals surface area contributed by atoms with Crippen LogP contribution in [0.1, 0.15) is 50.4 Å². The van der Waals surface area contributed by atoms with E-state index in [0.717, 1.165) is 22.1 Å². The normalized spacial score (nSPS) is 31.4. The van der Waals surface area contributed by atoms with E-state index in [9.17, 15) is 4.79 Å². The molecule has 1 amide bonds. The van der Waals surface area contributed by atoms with Gasteiger partial charge >= 0.3 is 0 Å². The highest BCUT2D eigenvalue weighted by molar-refractivity contribution is 14.1. The number of amides is 1. The number of rotatable bonds is 1. The highest BCUT2D eigenvalue weighted by Crippen LogP contribution is 2.52. The lowest BCUT2D eigenvalue weighted by molar-refractivity contribution is 0.0708. The second kappa shape index (κ2) is 4.72. The van der Waals surface area contributed by atoms with Gasteiger partial charge in [-0.1, -0.05) is 26.8 Å². The van der Waals surface area contributed by atoms with Crippen LogP contribution in [0.4, 0.5) is 0 Å². The van der Waals surface area contributed by atoms with Gasteiger partial charge in [-0.25, -0.2) is 0 Å². The molecule has 1 heterocycles. The summed E-state index contributed by atoms with van der Waals surface area (Å²) in [7, 11) is 0. The molecule has 0 radical (unpaired) electrons. The molecule has 0 N–H and O–H groups in total. The summed E-state index contributed by atoms with van der Waals surface area (Å²) in [5, 5.41) is 0. The molecule has 2 atom stereocenters.